The second-order valence-electron chi connectivity index (χ2n) is 10.2. The van der Waals surface area contributed by atoms with E-state index in [1.165, 1.54) is 41.7 Å². The molecule has 0 radical (unpaired) electrons. The number of nitrogens with one attached hydrogen (secondary N) is 1. The average Bonchev–Trinajstić information content (AvgIpc) is 3.26. The molecule has 0 saturated carbocycles. The molecule has 3 aromatic rings. The number of sulfone groups is 1. The Morgan fingerprint density at radius 3 is 2.52 bits per heavy atom. The van der Waals surface area contributed by atoms with Gasteiger partial charge < -0.3 is 14.8 Å². The zero-order valence-electron chi connectivity index (χ0n) is 22.1. The highest BCUT2D eigenvalue weighted by Gasteiger charge is 2.35. The zero-order valence-corrected chi connectivity index (χ0v) is 23.7. The summed E-state index contributed by atoms with van der Waals surface area (Å²) in [4.78, 5) is 51.8. The highest BCUT2D eigenvalue weighted by Crippen LogP contribution is 2.40. The van der Waals surface area contributed by atoms with Gasteiger partial charge in [0.15, 0.2) is 12.4 Å². The maximum atomic E-state index is 13.1. The van der Waals surface area contributed by atoms with Crippen LogP contribution in [0, 0.1) is 5.92 Å². The summed E-state index contributed by atoms with van der Waals surface area (Å²) in [6.45, 7) is 4.96. The molecule has 1 N–H and O–H groups in total. The molecular formula is C29H27NO8S2. The fraction of sp³-hybridized carbons (Fsp3) is 0.310. The quantitative estimate of drug-likeness (QED) is 0.327. The summed E-state index contributed by atoms with van der Waals surface area (Å²) < 4.78 is 36.9. The summed E-state index contributed by atoms with van der Waals surface area (Å²) in [6.07, 6.45) is 2.08. The molecule has 0 unspecified atom stereocenters. The van der Waals surface area contributed by atoms with Gasteiger partial charge in [-0.25, -0.2) is 18.0 Å². The van der Waals surface area contributed by atoms with Crippen molar-refractivity contribution in [2.75, 3.05) is 11.9 Å². The van der Waals surface area contributed by atoms with Crippen LogP contribution in [-0.4, -0.2) is 44.8 Å². The number of ether oxygens (including phenoxy) is 2. The number of benzene rings is 2. The van der Waals surface area contributed by atoms with Crippen LogP contribution < -0.4 is 5.32 Å². The van der Waals surface area contributed by atoms with Crippen molar-refractivity contribution in [3.63, 3.8) is 0 Å². The van der Waals surface area contributed by atoms with E-state index in [1.807, 2.05) is 0 Å². The Morgan fingerprint density at radius 2 is 1.77 bits per heavy atom. The van der Waals surface area contributed by atoms with Crippen molar-refractivity contribution in [1.82, 2.24) is 0 Å². The third-order valence-corrected chi connectivity index (χ3v) is 9.84. The summed E-state index contributed by atoms with van der Waals surface area (Å²) in [5.74, 6) is -2.11. The van der Waals surface area contributed by atoms with Crippen LogP contribution in [0.4, 0.5) is 5.00 Å². The van der Waals surface area contributed by atoms with Crippen molar-refractivity contribution >= 4 is 49.8 Å². The van der Waals surface area contributed by atoms with E-state index in [1.54, 1.807) is 19.9 Å². The molecular weight excluding hydrogens is 554 g/mol. The lowest BCUT2D eigenvalue weighted by atomic mass is 9.88. The minimum absolute atomic E-state index is 0.0372. The molecule has 1 amide bonds. The van der Waals surface area contributed by atoms with Crippen molar-refractivity contribution in [3.05, 3.63) is 75.2 Å². The molecule has 1 atom stereocenters. The molecule has 1 aliphatic carbocycles. The third kappa shape index (κ3) is 5.06. The molecule has 0 saturated heterocycles. The monoisotopic (exact) mass is 581 g/mol. The first-order chi connectivity index (χ1) is 19.0. The molecule has 0 bridgehead atoms. The van der Waals surface area contributed by atoms with Crippen LogP contribution in [-0.2, 0) is 36.9 Å². The zero-order chi connectivity index (χ0) is 28.8. The molecule has 1 aromatic heterocycles. The van der Waals surface area contributed by atoms with Gasteiger partial charge in [-0.05, 0) is 74.9 Å². The lowest BCUT2D eigenvalue weighted by Crippen LogP contribution is -2.23. The number of thiophene rings is 1. The first kappa shape index (κ1) is 27.7. The highest BCUT2D eigenvalue weighted by molar-refractivity contribution is 7.91. The predicted molar refractivity (Wildman–Crippen MR) is 147 cm³/mol. The van der Waals surface area contributed by atoms with E-state index in [0.717, 1.165) is 29.3 Å². The lowest BCUT2D eigenvalue weighted by Gasteiger charge is -2.19. The van der Waals surface area contributed by atoms with Crippen LogP contribution in [0.15, 0.2) is 52.3 Å². The van der Waals surface area contributed by atoms with Crippen LogP contribution in [0.2, 0.25) is 0 Å². The Labute approximate surface area is 235 Å². The van der Waals surface area contributed by atoms with Crippen LogP contribution >= 0.6 is 11.3 Å². The molecule has 2 aliphatic rings. The van der Waals surface area contributed by atoms with Gasteiger partial charge in [-0.3, -0.25) is 9.59 Å². The summed E-state index contributed by atoms with van der Waals surface area (Å²) >= 11 is 1.32. The smallest absolute Gasteiger partial charge is 0.341 e. The first-order valence-electron chi connectivity index (χ1n) is 12.8. The summed E-state index contributed by atoms with van der Waals surface area (Å²) in [6, 6.07) is 9.53. The largest absolute Gasteiger partial charge is 0.459 e. The average molecular weight is 582 g/mol. The van der Waals surface area contributed by atoms with E-state index < -0.39 is 40.1 Å². The van der Waals surface area contributed by atoms with Crippen molar-refractivity contribution in [1.29, 1.82) is 0 Å². The van der Waals surface area contributed by atoms with Crippen LogP contribution in [0.25, 0.3) is 0 Å². The van der Waals surface area contributed by atoms with Crippen molar-refractivity contribution in [2.24, 2.45) is 5.92 Å². The molecule has 0 fully saturated rings. The normalized spacial score (nSPS) is 16.9. The maximum absolute atomic E-state index is 13.1. The number of carbonyl (C=O) groups excluding carboxylic acids is 4. The number of rotatable bonds is 6. The van der Waals surface area contributed by atoms with E-state index in [2.05, 4.69) is 12.2 Å². The number of hydrogen-bond acceptors (Lipinski definition) is 9. The minimum atomic E-state index is -4.04. The van der Waals surface area contributed by atoms with Gasteiger partial charge in [-0.2, -0.15) is 0 Å². The molecule has 9 nitrogen and oxygen atoms in total. The van der Waals surface area contributed by atoms with Gasteiger partial charge in [0.05, 0.1) is 27.0 Å². The SMILES string of the molecule is CC(C)OC(=O)c1c(NC(=O)COC(=O)c2ccc3c(c2)S(=O)(=O)c2ccccc2C3=O)sc2c1CC[C@@H](C)C2. The fourth-order valence-corrected chi connectivity index (χ4v) is 8.01. The van der Waals surface area contributed by atoms with Crippen molar-refractivity contribution < 1.29 is 37.1 Å². The number of amides is 1. The Balaban J connectivity index is 1.32. The lowest BCUT2D eigenvalue weighted by molar-refractivity contribution is -0.119. The second-order valence-corrected chi connectivity index (χ2v) is 13.2. The predicted octanol–water partition coefficient (Wildman–Crippen LogP) is 4.61. The van der Waals surface area contributed by atoms with Gasteiger partial charge in [0.25, 0.3) is 5.91 Å². The Hall–Kier alpha value is -3.83. The number of fused-ring (bicyclic) bond motifs is 3. The van der Waals surface area contributed by atoms with E-state index in [9.17, 15) is 27.6 Å². The number of ketones is 1. The molecule has 208 valence electrons. The van der Waals surface area contributed by atoms with Crippen LogP contribution in [0.5, 0.6) is 0 Å². The summed E-state index contributed by atoms with van der Waals surface area (Å²) in [5.41, 5.74) is 1.13. The second kappa shape index (κ2) is 10.6. The van der Waals surface area contributed by atoms with Crippen molar-refractivity contribution in [2.45, 2.75) is 55.9 Å². The summed E-state index contributed by atoms with van der Waals surface area (Å²) in [7, 11) is -4.04. The molecule has 2 heterocycles. The Morgan fingerprint density at radius 1 is 1.05 bits per heavy atom. The van der Waals surface area contributed by atoms with E-state index in [0.29, 0.717) is 22.9 Å². The fourth-order valence-electron chi connectivity index (χ4n) is 4.92. The van der Waals surface area contributed by atoms with Crippen LogP contribution in [0.3, 0.4) is 0 Å². The number of carbonyl (C=O) groups is 4. The standard InChI is InChI=1S/C29H27NO8S2/c1-15(2)38-29(34)25-18-10-8-16(3)12-21(18)39-27(25)30-24(31)14-37-28(33)17-9-11-20-23(13-17)40(35,36)22-7-5-4-6-19(22)26(20)32/h4-7,9,11,13,15-16H,8,10,12,14H2,1-3H3,(H,30,31)/t16-/m1/s1. The molecule has 2 aromatic carbocycles. The van der Waals surface area contributed by atoms with E-state index in [4.69, 9.17) is 9.47 Å². The highest BCUT2D eigenvalue weighted by atomic mass is 32.2. The van der Waals surface area contributed by atoms with Gasteiger partial charge in [-0.1, -0.05) is 19.1 Å². The first-order valence-corrected chi connectivity index (χ1v) is 15.1. The minimum Gasteiger partial charge on any atom is -0.459 e. The number of anilines is 1. The number of hydrogen-bond donors (Lipinski definition) is 1. The van der Waals surface area contributed by atoms with Gasteiger partial charge in [0.2, 0.25) is 9.84 Å². The van der Waals surface area contributed by atoms with Gasteiger partial charge in [0.1, 0.15) is 5.00 Å². The molecule has 11 heteroatoms. The topological polar surface area (TPSA) is 133 Å². The van der Waals surface area contributed by atoms with Crippen LogP contribution in [0.1, 0.15) is 74.3 Å². The Kier molecular flexibility index (Phi) is 7.36. The van der Waals surface area contributed by atoms with Crippen molar-refractivity contribution in [3.8, 4) is 0 Å². The molecule has 5 rings (SSSR count). The van der Waals surface area contributed by atoms with Gasteiger partial charge in [0, 0.05) is 16.0 Å². The molecule has 1 aliphatic heterocycles. The Bertz CT molecular complexity index is 1670. The third-order valence-electron chi connectivity index (χ3n) is 6.82. The molecule has 0 spiro atoms. The maximum Gasteiger partial charge on any atom is 0.341 e. The van der Waals surface area contributed by atoms with Gasteiger partial charge in [-0.15, -0.1) is 11.3 Å². The number of esters is 2. The molecule has 40 heavy (non-hydrogen) atoms. The van der Waals surface area contributed by atoms with Gasteiger partial charge >= 0.3 is 11.9 Å². The van der Waals surface area contributed by atoms with E-state index >= 15 is 0 Å². The summed E-state index contributed by atoms with van der Waals surface area (Å²) in [5, 5.41) is 3.03. The van der Waals surface area contributed by atoms with E-state index in [-0.39, 0.29) is 32.6 Å².